The Morgan fingerprint density at radius 3 is 2.50 bits per heavy atom. The summed E-state index contributed by atoms with van der Waals surface area (Å²) in [4.78, 5) is 25.4. The van der Waals surface area contributed by atoms with Crippen molar-refractivity contribution in [2.45, 2.75) is 38.2 Å². The zero-order valence-electron chi connectivity index (χ0n) is 9.10. The fourth-order valence-electron chi connectivity index (χ4n) is 1.55. The van der Waals surface area contributed by atoms with Gasteiger partial charge in [0.25, 0.3) is 5.78 Å². The van der Waals surface area contributed by atoms with Crippen LogP contribution in [0.25, 0.3) is 5.53 Å². The molecule has 16 heavy (non-hydrogen) atoms. The van der Waals surface area contributed by atoms with Crippen LogP contribution in [0.3, 0.4) is 0 Å². The lowest BCUT2D eigenvalue weighted by molar-refractivity contribution is -0.143. The van der Waals surface area contributed by atoms with Crippen molar-refractivity contribution in [3.8, 4) is 0 Å². The average molecular weight is 226 g/mol. The molecule has 0 aliphatic heterocycles. The summed E-state index contributed by atoms with van der Waals surface area (Å²) in [6.07, 6.45) is 1.71. The Morgan fingerprint density at radius 1 is 1.50 bits per heavy atom. The standard InChI is InChI=1S/C10H14N2O4/c1-2-16-9(14)8(12-11)7(13)6-10(15)4-3-5-10/h15H,2-6H2,1H3. The lowest BCUT2D eigenvalue weighted by atomic mass is 9.76. The summed E-state index contributed by atoms with van der Waals surface area (Å²) in [7, 11) is 0. The third-order valence-electron chi connectivity index (χ3n) is 2.61. The maximum Gasteiger partial charge on any atom is 0.441 e. The lowest BCUT2D eigenvalue weighted by Gasteiger charge is -2.35. The van der Waals surface area contributed by atoms with Crippen molar-refractivity contribution in [2.24, 2.45) is 0 Å². The molecule has 0 spiro atoms. The molecule has 0 aromatic rings. The molecule has 0 amide bonds. The number of rotatable bonds is 5. The third-order valence-corrected chi connectivity index (χ3v) is 2.61. The average Bonchev–Trinajstić information content (AvgIpc) is 2.16. The van der Waals surface area contributed by atoms with E-state index in [4.69, 9.17) is 5.53 Å². The molecular formula is C10H14N2O4. The van der Waals surface area contributed by atoms with E-state index in [1.54, 1.807) is 6.92 Å². The fraction of sp³-hybridized carbons (Fsp3) is 0.700. The first kappa shape index (κ1) is 12.5. The molecule has 1 aliphatic rings. The van der Waals surface area contributed by atoms with Crippen LogP contribution >= 0.6 is 0 Å². The molecule has 6 nitrogen and oxygen atoms in total. The number of hydrogen-bond donors (Lipinski definition) is 1. The number of aliphatic hydroxyl groups is 1. The van der Waals surface area contributed by atoms with E-state index < -0.39 is 23.1 Å². The summed E-state index contributed by atoms with van der Waals surface area (Å²) in [5, 5.41) is 9.73. The molecule has 1 saturated carbocycles. The van der Waals surface area contributed by atoms with Gasteiger partial charge in [-0.15, -0.1) is 0 Å². The summed E-state index contributed by atoms with van der Waals surface area (Å²) in [5.74, 6) is -1.65. The summed E-state index contributed by atoms with van der Waals surface area (Å²) in [5.41, 5.74) is 6.87. The monoisotopic (exact) mass is 226 g/mol. The molecule has 0 heterocycles. The minimum absolute atomic E-state index is 0.0927. The van der Waals surface area contributed by atoms with E-state index in [1.807, 2.05) is 0 Å². The predicted molar refractivity (Wildman–Crippen MR) is 53.7 cm³/mol. The molecule has 0 aromatic carbocycles. The van der Waals surface area contributed by atoms with Crippen LogP contribution in [0.4, 0.5) is 0 Å². The van der Waals surface area contributed by atoms with Gasteiger partial charge in [0.05, 0.1) is 12.2 Å². The summed E-state index contributed by atoms with van der Waals surface area (Å²) < 4.78 is 4.55. The van der Waals surface area contributed by atoms with Gasteiger partial charge in [-0.05, 0) is 26.2 Å². The van der Waals surface area contributed by atoms with Crippen molar-refractivity contribution in [1.29, 1.82) is 0 Å². The highest BCUT2D eigenvalue weighted by atomic mass is 16.5. The predicted octanol–water partition coefficient (Wildman–Crippen LogP) is 0.0945. The topological polar surface area (TPSA) is 100 Å². The van der Waals surface area contributed by atoms with Crippen LogP contribution in [0.1, 0.15) is 32.6 Å². The van der Waals surface area contributed by atoms with Gasteiger partial charge in [0.15, 0.2) is 0 Å². The van der Waals surface area contributed by atoms with Crippen LogP contribution in [0, 0.1) is 0 Å². The number of carbonyl (C=O) groups is 2. The van der Waals surface area contributed by atoms with Gasteiger partial charge in [-0.1, -0.05) is 0 Å². The summed E-state index contributed by atoms with van der Waals surface area (Å²) >= 11 is 0. The molecule has 0 unspecified atom stereocenters. The van der Waals surface area contributed by atoms with Crippen molar-refractivity contribution >= 4 is 17.5 Å². The minimum Gasteiger partial charge on any atom is -0.457 e. The van der Waals surface area contributed by atoms with Crippen LogP contribution in [0.2, 0.25) is 0 Å². The summed E-state index contributed by atoms with van der Waals surface area (Å²) in [6.45, 7) is 1.67. The molecule has 1 fully saturated rings. The smallest absolute Gasteiger partial charge is 0.441 e. The van der Waals surface area contributed by atoms with Crippen molar-refractivity contribution < 1.29 is 24.2 Å². The van der Waals surface area contributed by atoms with Crippen LogP contribution in [0.15, 0.2) is 0 Å². The first-order chi connectivity index (χ1) is 7.52. The largest absolute Gasteiger partial charge is 0.457 e. The highest BCUT2D eigenvalue weighted by Gasteiger charge is 2.42. The first-order valence-electron chi connectivity index (χ1n) is 5.17. The minimum atomic E-state index is -1.04. The van der Waals surface area contributed by atoms with Gasteiger partial charge in [0.1, 0.15) is 0 Å². The molecule has 6 heteroatoms. The zero-order chi connectivity index (χ0) is 12.2. The SMILES string of the molecule is CCOC(=O)C(=[N+]=[N-])C(=O)CC1(O)CCC1. The Morgan fingerprint density at radius 2 is 2.12 bits per heavy atom. The van der Waals surface area contributed by atoms with Crippen LogP contribution in [0.5, 0.6) is 0 Å². The van der Waals surface area contributed by atoms with Crippen molar-refractivity contribution in [3.63, 3.8) is 0 Å². The van der Waals surface area contributed by atoms with Crippen molar-refractivity contribution in [3.05, 3.63) is 5.53 Å². The lowest BCUT2D eigenvalue weighted by Crippen LogP contribution is -2.42. The van der Waals surface area contributed by atoms with Gasteiger partial charge in [-0.25, -0.2) is 4.79 Å². The van der Waals surface area contributed by atoms with Gasteiger partial charge in [0, 0.05) is 6.42 Å². The quantitative estimate of drug-likeness (QED) is 0.236. The van der Waals surface area contributed by atoms with Crippen LogP contribution in [-0.4, -0.2) is 39.6 Å². The Kier molecular flexibility index (Phi) is 3.93. The van der Waals surface area contributed by atoms with Gasteiger partial charge in [0.2, 0.25) is 0 Å². The second kappa shape index (κ2) is 5.01. The molecule has 0 radical (unpaired) electrons. The first-order valence-corrected chi connectivity index (χ1v) is 5.17. The van der Waals surface area contributed by atoms with E-state index >= 15 is 0 Å². The van der Waals surface area contributed by atoms with E-state index in [2.05, 4.69) is 9.53 Å². The van der Waals surface area contributed by atoms with E-state index in [0.717, 1.165) is 6.42 Å². The molecule has 0 atom stereocenters. The number of Topliss-reactive ketones (excluding diaryl/α,β-unsaturated/α-hetero) is 1. The molecule has 1 rings (SSSR count). The van der Waals surface area contributed by atoms with Crippen molar-refractivity contribution in [2.75, 3.05) is 6.61 Å². The Labute approximate surface area is 92.8 Å². The zero-order valence-corrected chi connectivity index (χ0v) is 9.10. The van der Waals surface area contributed by atoms with E-state index in [9.17, 15) is 14.7 Å². The number of nitrogens with zero attached hydrogens (tertiary/aromatic N) is 2. The van der Waals surface area contributed by atoms with Gasteiger partial charge in [-0.3, -0.25) is 4.79 Å². The molecule has 1 aliphatic carbocycles. The molecular weight excluding hydrogens is 212 g/mol. The number of ether oxygens (including phenoxy) is 1. The molecule has 88 valence electrons. The molecule has 0 saturated heterocycles. The van der Waals surface area contributed by atoms with Crippen LogP contribution < -0.4 is 0 Å². The molecule has 0 bridgehead atoms. The van der Waals surface area contributed by atoms with E-state index in [-0.39, 0.29) is 13.0 Å². The second-order valence-electron chi connectivity index (χ2n) is 3.85. The Balaban J connectivity index is 2.64. The summed E-state index contributed by atoms with van der Waals surface area (Å²) in [6, 6.07) is 0. The van der Waals surface area contributed by atoms with Gasteiger partial charge in [-0.2, -0.15) is 4.79 Å². The Hall–Kier alpha value is -1.52. The highest BCUT2D eigenvalue weighted by Crippen LogP contribution is 2.34. The van der Waals surface area contributed by atoms with Gasteiger partial charge < -0.3 is 15.4 Å². The van der Waals surface area contributed by atoms with E-state index in [0.29, 0.717) is 12.8 Å². The van der Waals surface area contributed by atoms with E-state index in [1.165, 1.54) is 0 Å². The number of carbonyl (C=O) groups excluding carboxylic acids is 2. The highest BCUT2D eigenvalue weighted by molar-refractivity contribution is 6.62. The normalized spacial score (nSPS) is 16.9. The molecule has 0 aromatic heterocycles. The molecule has 1 N–H and O–H groups in total. The van der Waals surface area contributed by atoms with Crippen molar-refractivity contribution in [1.82, 2.24) is 0 Å². The van der Waals surface area contributed by atoms with Crippen LogP contribution in [-0.2, 0) is 14.3 Å². The Bertz CT molecular complexity index is 354. The number of esters is 1. The number of hydrogen-bond acceptors (Lipinski definition) is 4. The number of ketones is 1. The fourth-order valence-corrected chi connectivity index (χ4v) is 1.55. The third kappa shape index (κ3) is 2.74. The maximum absolute atomic E-state index is 11.5. The maximum atomic E-state index is 11.5. The second-order valence-corrected chi connectivity index (χ2v) is 3.85. The van der Waals surface area contributed by atoms with Gasteiger partial charge >= 0.3 is 11.7 Å².